The van der Waals surface area contributed by atoms with E-state index < -0.39 is 0 Å². The SMILES string of the molecule is C=C(c1cccc(C(=O)N(CC)CC)c1)[C@H]1CCCO1. The molecule has 1 aromatic carbocycles. The molecule has 20 heavy (non-hydrogen) atoms. The number of carbonyl (C=O) groups excluding carboxylic acids is 1. The van der Waals surface area contributed by atoms with Crippen molar-refractivity contribution in [3.05, 3.63) is 42.0 Å². The summed E-state index contributed by atoms with van der Waals surface area (Å²) in [5.41, 5.74) is 2.72. The van der Waals surface area contributed by atoms with E-state index in [1.807, 2.05) is 43.0 Å². The van der Waals surface area contributed by atoms with Gasteiger partial charge in [0, 0.05) is 25.3 Å². The zero-order valence-corrected chi connectivity index (χ0v) is 12.4. The monoisotopic (exact) mass is 273 g/mol. The number of carbonyl (C=O) groups is 1. The Kier molecular flexibility index (Phi) is 4.96. The Bertz CT molecular complexity index is 456. The number of hydrogen-bond donors (Lipinski definition) is 0. The molecule has 1 heterocycles. The van der Waals surface area contributed by atoms with Crippen LogP contribution in [0.2, 0.25) is 0 Å². The number of hydrogen-bond acceptors (Lipinski definition) is 2. The quantitative estimate of drug-likeness (QED) is 0.823. The van der Waals surface area contributed by atoms with Crippen LogP contribution in [0.1, 0.15) is 42.6 Å². The van der Waals surface area contributed by atoms with Crippen LogP contribution in [0.3, 0.4) is 0 Å². The molecule has 1 amide bonds. The topological polar surface area (TPSA) is 29.5 Å². The van der Waals surface area contributed by atoms with Gasteiger partial charge in [-0.3, -0.25) is 4.79 Å². The number of benzene rings is 1. The molecule has 3 nitrogen and oxygen atoms in total. The number of rotatable bonds is 5. The predicted molar refractivity (Wildman–Crippen MR) is 81.7 cm³/mol. The van der Waals surface area contributed by atoms with Gasteiger partial charge in [0.25, 0.3) is 5.91 Å². The molecule has 1 aliphatic heterocycles. The minimum Gasteiger partial charge on any atom is -0.374 e. The van der Waals surface area contributed by atoms with Crippen molar-refractivity contribution in [2.75, 3.05) is 19.7 Å². The van der Waals surface area contributed by atoms with Gasteiger partial charge in [0.05, 0.1) is 6.10 Å². The van der Waals surface area contributed by atoms with E-state index in [2.05, 4.69) is 6.58 Å². The summed E-state index contributed by atoms with van der Waals surface area (Å²) in [6.07, 6.45) is 2.21. The normalized spacial score (nSPS) is 18.0. The summed E-state index contributed by atoms with van der Waals surface area (Å²) >= 11 is 0. The predicted octanol–water partition coefficient (Wildman–Crippen LogP) is 3.36. The molecular formula is C17H23NO2. The van der Waals surface area contributed by atoms with Crippen molar-refractivity contribution in [3.63, 3.8) is 0 Å². The second-order valence-electron chi connectivity index (χ2n) is 5.09. The Balaban J connectivity index is 2.19. The third-order valence-electron chi connectivity index (χ3n) is 3.85. The molecule has 0 bridgehead atoms. The van der Waals surface area contributed by atoms with Crippen LogP contribution in [0.4, 0.5) is 0 Å². The summed E-state index contributed by atoms with van der Waals surface area (Å²) in [4.78, 5) is 14.2. The van der Waals surface area contributed by atoms with Crippen LogP contribution in [-0.2, 0) is 4.74 Å². The van der Waals surface area contributed by atoms with E-state index in [0.29, 0.717) is 0 Å². The fourth-order valence-electron chi connectivity index (χ4n) is 2.58. The third-order valence-corrected chi connectivity index (χ3v) is 3.85. The Morgan fingerprint density at radius 1 is 1.35 bits per heavy atom. The van der Waals surface area contributed by atoms with Crippen LogP contribution in [0.15, 0.2) is 30.8 Å². The van der Waals surface area contributed by atoms with E-state index in [9.17, 15) is 4.79 Å². The van der Waals surface area contributed by atoms with Crippen molar-refractivity contribution in [1.29, 1.82) is 0 Å². The Labute approximate surface area is 121 Å². The summed E-state index contributed by atoms with van der Waals surface area (Å²) < 4.78 is 5.66. The summed E-state index contributed by atoms with van der Waals surface area (Å²) in [7, 11) is 0. The van der Waals surface area contributed by atoms with Gasteiger partial charge in [0.15, 0.2) is 0 Å². The highest BCUT2D eigenvalue weighted by Gasteiger charge is 2.21. The van der Waals surface area contributed by atoms with E-state index in [1.165, 1.54) is 0 Å². The lowest BCUT2D eigenvalue weighted by Crippen LogP contribution is -2.30. The van der Waals surface area contributed by atoms with Crippen molar-refractivity contribution in [2.45, 2.75) is 32.8 Å². The molecule has 0 N–H and O–H groups in total. The molecule has 108 valence electrons. The summed E-state index contributed by atoms with van der Waals surface area (Å²) in [5, 5.41) is 0. The standard InChI is InChI=1S/C17H23NO2/c1-4-18(5-2)17(19)15-9-6-8-14(12-15)13(3)16-10-7-11-20-16/h6,8-9,12,16H,3-5,7,10-11H2,1-2H3/t16-/m1/s1. The van der Waals surface area contributed by atoms with E-state index >= 15 is 0 Å². The van der Waals surface area contributed by atoms with Gasteiger partial charge < -0.3 is 9.64 Å². The van der Waals surface area contributed by atoms with Gasteiger partial charge in [0.1, 0.15) is 0 Å². The van der Waals surface area contributed by atoms with Crippen LogP contribution in [-0.4, -0.2) is 36.6 Å². The van der Waals surface area contributed by atoms with Crippen molar-refractivity contribution in [1.82, 2.24) is 4.90 Å². The third kappa shape index (κ3) is 3.10. The maximum absolute atomic E-state index is 12.4. The maximum Gasteiger partial charge on any atom is 0.253 e. The van der Waals surface area contributed by atoms with Gasteiger partial charge in [-0.15, -0.1) is 0 Å². The molecule has 0 unspecified atom stereocenters. The van der Waals surface area contributed by atoms with E-state index in [4.69, 9.17) is 4.74 Å². The molecule has 0 saturated carbocycles. The van der Waals surface area contributed by atoms with E-state index in [0.717, 1.165) is 49.2 Å². The minimum absolute atomic E-state index is 0.0805. The molecule has 1 aliphatic rings. The molecule has 1 fully saturated rings. The lowest BCUT2D eigenvalue weighted by molar-refractivity contribution is 0.0773. The number of ether oxygens (including phenoxy) is 1. The molecule has 1 saturated heterocycles. The lowest BCUT2D eigenvalue weighted by Gasteiger charge is -2.19. The van der Waals surface area contributed by atoms with Crippen LogP contribution in [0.5, 0.6) is 0 Å². The molecule has 0 aromatic heterocycles. The van der Waals surface area contributed by atoms with Crippen LogP contribution in [0, 0.1) is 0 Å². The second-order valence-corrected chi connectivity index (χ2v) is 5.09. The van der Waals surface area contributed by atoms with Crippen LogP contribution < -0.4 is 0 Å². The molecule has 0 aliphatic carbocycles. The van der Waals surface area contributed by atoms with Crippen molar-refractivity contribution in [2.24, 2.45) is 0 Å². The van der Waals surface area contributed by atoms with E-state index in [-0.39, 0.29) is 12.0 Å². The van der Waals surface area contributed by atoms with Crippen molar-refractivity contribution < 1.29 is 9.53 Å². The van der Waals surface area contributed by atoms with Crippen molar-refractivity contribution >= 4 is 11.5 Å². The molecule has 2 rings (SSSR count). The molecule has 0 spiro atoms. The summed E-state index contributed by atoms with van der Waals surface area (Å²) in [6, 6.07) is 7.73. The summed E-state index contributed by atoms with van der Waals surface area (Å²) in [6.45, 7) is 10.4. The second kappa shape index (κ2) is 6.71. The van der Waals surface area contributed by atoms with Gasteiger partial charge in [-0.25, -0.2) is 0 Å². The summed E-state index contributed by atoms with van der Waals surface area (Å²) in [5.74, 6) is 0.0805. The van der Waals surface area contributed by atoms with Gasteiger partial charge in [-0.1, -0.05) is 18.7 Å². The highest BCUT2D eigenvalue weighted by atomic mass is 16.5. The fraction of sp³-hybridized carbons (Fsp3) is 0.471. The number of nitrogens with zero attached hydrogens (tertiary/aromatic N) is 1. The average Bonchev–Trinajstić information content (AvgIpc) is 3.02. The number of amides is 1. The van der Waals surface area contributed by atoms with Gasteiger partial charge in [-0.2, -0.15) is 0 Å². The van der Waals surface area contributed by atoms with Gasteiger partial charge in [-0.05, 0) is 50.0 Å². The highest BCUT2D eigenvalue weighted by Crippen LogP contribution is 2.27. The Morgan fingerprint density at radius 3 is 2.65 bits per heavy atom. The first-order valence-electron chi connectivity index (χ1n) is 7.37. The van der Waals surface area contributed by atoms with Crippen LogP contribution in [0.25, 0.3) is 5.57 Å². The van der Waals surface area contributed by atoms with E-state index in [1.54, 1.807) is 0 Å². The molecular weight excluding hydrogens is 250 g/mol. The first-order chi connectivity index (χ1) is 9.67. The van der Waals surface area contributed by atoms with Gasteiger partial charge in [0.2, 0.25) is 0 Å². The minimum atomic E-state index is 0.0805. The zero-order chi connectivity index (χ0) is 14.5. The molecule has 1 aromatic rings. The van der Waals surface area contributed by atoms with Gasteiger partial charge >= 0.3 is 0 Å². The van der Waals surface area contributed by atoms with Crippen molar-refractivity contribution in [3.8, 4) is 0 Å². The first kappa shape index (κ1) is 14.8. The zero-order valence-electron chi connectivity index (χ0n) is 12.4. The highest BCUT2D eigenvalue weighted by molar-refractivity contribution is 5.95. The smallest absolute Gasteiger partial charge is 0.253 e. The average molecular weight is 273 g/mol. The molecule has 3 heteroatoms. The lowest BCUT2D eigenvalue weighted by atomic mass is 9.98. The first-order valence-corrected chi connectivity index (χ1v) is 7.37. The largest absolute Gasteiger partial charge is 0.374 e. The molecule has 1 atom stereocenters. The molecule has 0 radical (unpaired) electrons. The Hall–Kier alpha value is -1.61. The van der Waals surface area contributed by atoms with Crippen LogP contribution >= 0.6 is 0 Å². The maximum atomic E-state index is 12.4. The Morgan fingerprint density at radius 2 is 2.05 bits per heavy atom. The fourth-order valence-corrected chi connectivity index (χ4v) is 2.58.